The van der Waals surface area contributed by atoms with E-state index in [-0.39, 0.29) is 24.0 Å². The maximum atomic E-state index is 10.9. The van der Waals surface area contributed by atoms with Crippen LogP contribution in [0.2, 0.25) is 0 Å². The second kappa shape index (κ2) is 9.19. The average Bonchev–Trinajstić information content (AvgIpc) is 2.80. The minimum Gasteiger partial charge on any atom is -0.364 e. The smallest absolute Gasteiger partial charge is 0.208 e. The van der Waals surface area contributed by atoms with E-state index in [9.17, 15) is 8.42 Å². The molecule has 0 aliphatic rings. The molecule has 0 unspecified atom stereocenters. The molecule has 1 rings (SSSR count). The predicted molar refractivity (Wildman–Crippen MR) is 91.9 cm³/mol. The van der Waals surface area contributed by atoms with Gasteiger partial charge in [0.2, 0.25) is 10.0 Å². The van der Waals surface area contributed by atoms with Crippen LogP contribution in [0.15, 0.2) is 23.3 Å². The molecule has 0 saturated heterocycles. The minimum atomic E-state index is -3.14. The van der Waals surface area contributed by atoms with E-state index in [0.717, 1.165) is 11.9 Å². The zero-order valence-corrected chi connectivity index (χ0v) is 15.0. The number of guanidine groups is 1. The molecule has 0 bridgehead atoms. The molecule has 0 amide bonds. The van der Waals surface area contributed by atoms with Crippen LogP contribution in [0.4, 0.5) is 0 Å². The van der Waals surface area contributed by atoms with Crippen LogP contribution in [0.1, 0.15) is 5.69 Å². The van der Waals surface area contributed by atoms with Gasteiger partial charge in [0.25, 0.3) is 0 Å². The fourth-order valence-electron chi connectivity index (χ4n) is 1.59. The number of sulfonamides is 1. The van der Waals surface area contributed by atoms with Gasteiger partial charge < -0.3 is 15.2 Å². The molecule has 0 atom stereocenters. The molecule has 1 aromatic heterocycles. The highest BCUT2D eigenvalue weighted by molar-refractivity contribution is 14.0. The van der Waals surface area contributed by atoms with E-state index in [2.05, 4.69) is 20.0 Å². The van der Waals surface area contributed by atoms with Crippen molar-refractivity contribution in [3.8, 4) is 0 Å². The summed E-state index contributed by atoms with van der Waals surface area (Å²) in [6, 6.07) is 3.93. The Bertz CT molecular complexity index is 501. The number of hydrogen-bond donors (Lipinski definition) is 3. The van der Waals surface area contributed by atoms with Gasteiger partial charge in [-0.15, -0.1) is 24.0 Å². The molecule has 9 heteroatoms. The van der Waals surface area contributed by atoms with Gasteiger partial charge in [0, 0.05) is 39.1 Å². The van der Waals surface area contributed by atoms with E-state index in [0.29, 0.717) is 25.6 Å². The summed E-state index contributed by atoms with van der Waals surface area (Å²) in [6.07, 6.45) is 3.01. The van der Waals surface area contributed by atoms with E-state index in [1.165, 1.54) is 0 Å². The van der Waals surface area contributed by atoms with Gasteiger partial charge in [-0.25, -0.2) is 13.1 Å². The van der Waals surface area contributed by atoms with Gasteiger partial charge in [-0.05, 0) is 12.1 Å². The Labute approximate surface area is 137 Å². The second-order valence-electron chi connectivity index (χ2n) is 4.19. The van der Waals surface area contributed by atoms with Crippen molar-refractivity contribution in [3.63, 3.8) is 0 Å². The molecule has 116 valence electrons. The summed E-state index contributed by atoms with van der Waals surface area (Å²) in [5.74, 6) is 0.713. The molecular weight excluding hydrogens is 393 g/mol. The van der Waals surface area contributed by atoms with Crippen molar-refractivity contribution in [2.24, 2.45) is 4.99 Å². The first-order chi connectivity index (χ1) is 8.92. The number of H-pyrrole nitrogens is 1. The summed E-state index contributed by atoms with van der Waals surface area (Å²) >= 11 is 0. The van der Waals surface area contributed by atoms with Gasteiger partial charge in [0.1, 0.15) is 0 Å². The topological polar surface area (TPSA) is 89.6 Å². The number of rotatable bonds is 6. The molecule has 1 heterocycles. The van der Waals surface area contributed by atoms with Gasteiger partial charge in [-0.2, -0.15) is 0 Å². The third kappa shape index (κ3) is 7.70. The summed E-state index contributed by atoms with van der Waals surface area (Å²) in [7, 11) is 0.470. The lowest BCUT2D eigenvalue weighted by atomic mass is 10.4. The Kier molecular flexibility index (Phi) is 8.81. The van der Waals surface area contributed by atoms with Crippen LogP contribution in [0, 0.1) is 0 Å². The molecule has 20 heavy (non-hydrogen) atoms. The third-order valence-electron chi connectivity index (χ3n) is 2.42. The number of aliphatic imine (C=N–C) groups is 1. The number of nitrogens with zero attached hydrogens (tertiary/aromatic N) is 2. The summed E-state index contributed by atoms with van der Waals surface area (Å²) in [5, 5.41) is 3.09. The number of hydrogen-bond acceptors (Lipinski definition) is 3. The number of aromatic amines is 1. The first-order valence-corrected chi connectivity index (χ1v) is 7.80. The monoisotopic (exact) mass is 415 g/mol. The van der Waals surface area contributed by atoms with Gasteiger partial charge in [0.05, 0.1) is 12.8 Å². The Morgan fingerprint density at radius 2 is 2.15 bits per heavy atom. The van der Waals surface area contributed by atoms with Gasteiger partial charge in [-0.3, -0.25) is 4.99 Å². The van der Waals surface area contributed by atoms with E-state index in [1.54, 1.807) is 7.05 Å². The fourth-order valence-corrected chi connectivity index (χ4v) is 2.06. The zero-order valence-electron chi connectivity index (χ0n) is 11.9. The molecule has 0 spiro atoms. The molecule has 0 aromatic carbocycles. The van der Waals surface area contributed by atoms with Crippen molar-refractivity contribution in [2.75, 3.05) is 33.4 Å². The Morgan fingerprint density at radius 1 is 1.45 bits per heavy atom. The molecule has 1 aromatic rings. The number of halogens is 1. The van der Waals surface area contributed by atoms with Gasteiger partial charge >= 0.3 is 0 Å². The first kappa shape index (κ1) is 19.2. The van der Waals surface area contributed by atoms with Gasteiger partial charge in [-0.1, -0.05) is 0 Å². The number of nitrogens with one attached hydrogen (secondary N) is 3. The van der Waals surface area contributed by atoms with Crippen molar-refractivity contribution in [1.82, 2.24) is 19.9 Å². The van der Waals surface area contributed by atoms with Crippen molar-refractivity contribution >= 4 is 40.0 Å². The SMILES string of the molecule is CN=C(NCCNS(C)(=O)=O)N(C)Cc1ccc[nH]1.I. The van der Waals surface area contributed by atoms with E-state index < -0.39 is 10.0 Å². The maximum absolute atomic E-state index is 10.9. The molecule has 0 saturated carbocycles. The summed E-state index contributed by atoms with van der Waals surface area (Å²) in [5.41, 5.74) is 1.08. The average molecular weight is 415 g/mol. The molecule has 3 N–H and O–H groups in total. The van der Waals surface area contributed by atoms with E-state index in [4.69, 9.17) is 0 Å². The predicted octanol–water partition coefficient (Wildman–Crippen LogP) is 0.189. The fraction of sp³-hybridized carbons (Fsp3) is 0.545. The second-order valence-corrected chi connectivity index (χ2v) is 6.02. The largest absolute Gasteiger partial charge is 0.364 e. The third-order valence-corrected chi connectivity index (χ3v) is 3.14. The minimum absolute atomic E-state index is 0. The molecular formula is C11H22IN5O2S. The standard InChI is InChI=1S/C11H21N5O2S.HI/c1-12-11(14-7-8-15-19(3,17)18)16(2)9-10-5-4-6-13-10;/h4-6,13,15H,7-9H2,1-3H3,(H,12,14);1H. The number of aromatic nitrogens is 1. The van der Waals surface area contributed by atoms with Crippen LogP contribution in [0.5, 0.6) is 0 Å². The lowest BCUT2D eigenvalue weighted by molar-refractivity contribution is 0.471. The maximum Gasteiger partial charge on any atom is 0.208 e. The summed E-state index contributed by atoms with van der Waals surface area (Å²) in [6.45, 7) is 1.51. The summed E-state index contributed by atoms with van der Waals surface area (Å²) in [4.78, 5) is 9.21. The van der Waals surface area contributed by atoms with Crippen LogP contribution in [0.3, 0.4) is 0 Å². The molecule has 0 radical (unpaired) electrons. The lowest BCUT2D eigenvalue weighted by Gasteiger charge is -2.21. The van der Waals surface area contributed by atoms with Crippen LogP contribution < -0.4 is 10.0 Å². The van der Waals surface area contributed by atoms with E-state index in [1.807, 2.05) is 30.3 Å². The van der Waals surface area contributed by atoms with Crippen molar-refractivity contribution in [2.45, 2.75) is 6.54 Å². The van der Waals surface area contributed by atoms with Crippen LogP contribution in [-0.4, -0.2) is 57.7 Å². The highest BCUT2D eigenvalue weighted by Gasteiger charge is 2.07. The van der Waals surface area contributed by atoms with Crippen LogP contribution in [-0.2, 0) is 16.6 Å². The quantitative estimate of drug-likeness (QED) is 0.268. The van der Waals surface area contributed by atoms with Crippen molar-refractivity contribution in [1.29, 1.82) is 0 Å². The normalized spacial score (nSPS) is 11.8. The molecule has 7 nitrogen and oxygen atoms in total. The zero-order chi connectivity index (χ0) is 14.3. The van der Waals surface area contributed by atoms with Gasteiger partial charge in [0.15, 0.2) is 5.96 Å². The van der Waals surface area contributed by atoms with Crippen LogP contribution in [0.25, 0.3) is 0 Å². The Morgan fingerprint density at radius 3 is 2.65 bits per heavy atom. The summed E-state index contributed by atoms with van der Waals surface area (Å²) < 4.78 is 24.2. The highest BCUT2D eigenvalue weighted by Crippen LogP contribution is 1.99. The van der Waals surface area contributed by atoms with Crippen molar-refractivity contribution < 1.29 is 8.42 Å². The molecule has 0 aliphatic heterocycles. The molecule has 0 aliphatic carbocycles. The Hall–Kier alpha value is -0.810. The van der Waals surface area contributed by atoms with E-state index >= 15 is 0 Å². The molecule has 0 fully saturated rings. The van der Waals surface area contributed by atoms with Crippen molar-refractivity contribution in [3.05, 3.63) is 24.0 Å². The lowest BCUT2D eigenvalue weighted by Crippen LogP contribution is -2.42. The highest BCUT2D eigenvalue weighted by atomic mass is 127. The first-order valence-electron chi connectivity index (χ1n) is 5.91. The van der Waals surface area contributed by atoms with Crippen LogP contribution >= 0.6 is 24.0 Å². The Balaban J connectivity index is 0.00000361.